The molecule has 1 amide bonds. The summed E-state index contributed by atoms with van der Waals surface area (Å²) < 4.78 is 29.8. The lowest BCUT2D eigenvalue weighted by molar-refractivity contribution is -0.121. The molecule has 0 bridgehead atoms. The van der Waals surface area contributed by atoms with Crippen LogP contribution in [-0.4, -0.2) is 44.8 Å². The third-order valence-corrected chi connectivity index (χ3v) is 4.22. The quantitative estimate of drug-likeness (QED) is 0.788. The van der Waals surface area contributed by atoms with E-state index < -0.39 is 10.0 Å². The van der Waals surface area contributed by atoms with Crippen molar-refractivity contribution in [3.8, 4) is 0 Å². The number of sulfonamides is 1. The Bertz CT molecular complexity index is 564. The zero-order chi connectivity index (χ0) is 14.6. The lowest BCUT2D eigenvalue weighted by Gasteiger charge is -2.09. The second-order valence-corrected chi connectivity index (χ2v) is 7.24. The van der Waals surface area contributed by atoms with Crippen LogP contribution in [0.3, 0.4) is 0 Å². The summed E-state index contributed by atoms with van der Waals surface area (Å²) in [4.78, 5) is 15.8. The van der Waals surface area contributed by atoms with Crippen molar-refractivity contribution >= 4 is 32.4 Å². The molecule has 0 unspecified atom stereocenters. The Labute approximate surface area is 121 Å². The van der Waals surface area contributed by atoms with Gasteiger partial charge in [-0.3, -0.25) is 9.52 Å². The van der Waals surface area contributed by atoms with Crippen molar-refractivity contribution in [2.24, 2.45) is 0 Å². The van der Waals surface area contributed by atoms with Crippen LogP contribution in [0.2, 0.25) is 0 Å². The molecule has 1 aromatic rings. The summed E-state index contributed by atoms with van der Waals surface area (Å²) in [5.41, 5.74) is 0.547. The van der Waals surface area contributed by atoms with E-state index in [1.807, 2.05) is 0 Å². The first kappa shape index (κ1) is 15.2. The molecule has 0 saturated carbocycles. The Morgan fingerprint density at radius 3 is 3.05 bits per heavy atom. The van der Waals surface area contributed by atoms with Gasteiger partial charge >= 0.3 is 0 Å². The van der Waals surface area contributed by atoms with E-state index >= 15 is 0 Å². The predicted octanol–water partition coefficient (Wildman–Crippen LogP) is 0.352. The highest BCUT2D eigenvalue weighted by atomic mass is 32.2. The fourth-order valence-electron chi connectivity index (χ4n) is 1.85. The van der Waals surface area contributed by atoms with Crippen LogP contribution < -0.4 is 10.0 Å². The summed E-state index contributed by atoms with van der Waals surface area (Å²) in [7, 11) is -3.33. The minimum Gasteiger partial charge on any atom is -0.376 e. The summed E-state index contributed by atoms with van der Waals surface area (Å²) in [6.45, 7) is 1.27. The van der Waals surface area contributed by atoms with Gasteiger partial charge in [0.25, 0.3) is 0 Å². The highest BCUT2D eigenvalue weighted by Gasteiger charge is 2.16. The Morgan fingerprint density at radius 1 is 1.60 bits per heavy atom. The van der Waals surface area contributed by atoms with Gasteiger partial charge in [-0.05, 0) is 12.8 Å². The summed E-state index contributed by atoms with van der Waals surface area (Å²) in [6.07, 6.45) is 3.31. The van der Waals surface area contributed by atoms with Crippen LogP contribution in [0.4, 0.5) is 5.13 Å². The molecule has 0 aromatic carbocycles. The molecule has 1 aromatic heterocycles. The number of thiazole rings is 1. The number of rotatable bonds is 6. The number of hydrogen-bond acceptors (Lipinski definition) is 6. The van der Waals surface area contributed by atoms with E-state index in [9.17, 15) is 13.2 Å². The van der Waals surface area contributed by atoms with Crippen molar-refractivity contribution in [3.63, 3.8) is 0 Å². The van der Waals surface area contributed by atoms with E-state index in [1.54, 1.807) is 5.38 Å². The van der Waals surface area contributed by atoms with Gasteiger partial charge in [0, 0.05) is 18.5 Å². The zero-order valence-electron chi connectivity index (χ0n) is 11.1. The molecule has 112 valence electrons. The van der Waals surface area contributed by atoms with Crippen molar-refractivity contribution in [2.45, 2.75) is 25.4 Å². The fourth-order valence-corrected chi connectivity index (χ4v) is 3.42. The first-order valence-electron chi connectivity index (χ1n) is 6.23. The normalized spacial score (nSPS) is 18.9. The van der Waals surface area contributed by atoms with Gasteiger partial charge in [-0.2, -0.15) is 0 Å². The van der Waals surface area contributed by atoms with E-state index in [1.165, 1.54) is 0 Å². The highest BCUT2D eigenvalue weighted by Crippen LogP contribution is 2.17. The Morgan fingerprint density at radius 2 is 2.40 bits per heavy atom. The maximum absolute atomic E-state index is 11.7. The number of amides is 1. The molecule has 1 atom stereocenters. The van der Waals surface area contributed by atoms with Gasteiger partial charge in [0.2, 0.25) is 15.9 Å². The fraction of sp³-hybridized carbons (Fsp3) is 0.636. The van der Waals surface area contributed by atoms with Gasteiger partial charge in [0.05, 0.1) is 24.5 Å². The summed E-state index contributed by atoms with van der Waals surface area (Å²) in [5.74, 6) is -0.142. The van der Waals surface area contributed by atoms with Crippen LogP contribution in [0, 0.1) is 0 Å². The van der Waals surface area contributed by atoms with Crippen molar-refractivity contribution < 1.29 is 17.9 Å². The molecule has 7 nitrogen and oxygen atoms in total. The predicted molar refractivity (Wildman–Crippen MR) is 76.3 cm³/mol. The Kier molecular flexibility index (Phi) is 4.95. The van der Waals surface area contributed by atoms with Crippen LogP contribution in [0.25, 0.3) is 0 Å². The van der Waals surface area contributed by atoms with Crippen LogP contribution in [0.1, 0.15) is 18.5 Å². The lowest BCUT2D eigenvalue weighted by Crippen LogP contribution is -2.32. The summed E-state index contributed by atoms with van der Waals surface area (Å²) in [5, 5.41) is 4.73. The third-order valence-electron chi connectivity index (χ3n) is 2.72. The standard InChI is InChI=1S/C11H17N3O4S2/c1-20(16,17)14-11-13-8(7-19-11)5-10(15)12-6-9-3-2-4-18-9/h7,9H,2-6H2,1H3,(H,12,15)(H,13,14)/t9-/m1/s1. The molecule has 0 spiro atoms. The molecule has 2 rings (SSSR count). The maximum Gasteiger partial charge on any atom is 0.231 e. The summed E-state index contributed by atoms with van der Waals surface area (Å²) in [6, 6.07) is 0. The van der Waals surface area contributed by atoms with E-state index in [4.69, 9.17) is 4.74 Å². The first-order valence-corrected chi connectivity index (χ1v) is 9.00. The number of carbonyl (C=O) groups is 1. The minimum atomic E-state index is -3.33. The molecule has 1 saturated heterocycles. The highest BCUT2D eigenvalue weighted by molar-refractivity contribution is 7.92. The number of nitrogens with one attached hydrogen (secondary N) is 2. The number of hydrogen-bond donors (Lipinski definition) is 2. The zero-order valence-corrected chi connectivity index (χ0v) is 12.7. The summed E-state index contributed by atoms with van der Waals surface area (Å²) >= 11 is 1.16. The topological polar surface area (TPSA) is 97.4 Å². The first-order chi connectivity index (χ1) is 9.42. The Balaban J connectivity index is 1.79. The number of carbonyl (C=O) groups excluding carboxylic acids is 1. The molecule has 2 heterocycles. The molecule has 1 fully saturated rings. The SMILES string of the molecule is CS(=O)(=O)Nc1nc(CC(=O)NC[C@H]2CCCO2)cs1. The lowest BCUT2D eigenvalue weighted by atomic mass is 10.2. The number of anilines is 1. The molecule has 0 aliphatic carbocycles. The van der Waals surface area contributed by atoms with Crippen molar-refractivity contribution in [2.75, 3.05) is 24.1 Å². The third kappa shape index (κ3) is 5.06. The second-order valence-electron chi connectivity index (χ2n) is 4.63. The molecular weight excluding hydrogens is 302 g/mol. The monoisotopic (exact) mass is 319 g/mol. The van der Waals surface area contributed by atoms with Crippen LogP contribution in [0.15, 0.2) is 5.38 Å². The van der Waals surface area contributed by atoms with Crippen LogP contribution >= 0.6 is 11.3 Å². The molecule has 1 aliphatic heterocycles. The minimum absolute atomic E-state index is 0.108. The van der Waals surface area contributed by atoms with Gasteiger partial charge in [0.1, 0.15) is 0 Å². The molecule has 1 aliphatic rings. The van der Waals surface area contributed by atoms with Gasteiger partial charge in [-0.1, -0.05) is 0 Å². The van der Waals surface area contributed by atoms with E-state index in [2.05, 4.69) is 15.0 Å². The van der Waals surface area contributed by atoms with E-state index in [0.29, 0.717) is 12.2 Å². The molecule has 2 N–H and O–H groups in total. The van der Waals surface area contributed by atoms with E-state index in [-0.39, 0.29) is 23.6 Å². The van der Waals surface area contributed by atoms with Crippen LogP contribution in [0.5, 0.6) is 0 Å². The average Bonchev–Trinajstić information content (AvgIpc) is 2.96. The van der Waals surface area contributed by atoms with E-state index in [0.717, 1.165) is 37.0 Å². The number of ether oxygens (including phenoxy) is 1. The van der Waals surface area contributed by atoms with Gasteiger partial charge in [-0.15, -0.1) is 11.3 Å². The van der Waals surface area contributed by atoms with Crippen molar-refractivity contribution in [1.29, 1.82) is 0 Å². The van der Waals surface area contributed by atoms with Crippen molar-refractivity contribution in [1.82, 2.24) is 10.3 Å². The van der Waals surface area contributed by atoms with Gasteiger partial charge < -0.3 is 10.1 Å². The molecule has 0 radical (unpaired) electrons. The van der Waals surface area contributed by atoms with Crippen molar-refractivity contribution in [3.05, 3.63) is 11.1 Å². The smallest absolute Gasteiger partial charge is 0.231 e. The number of aromatic nitrogens is 1. The average molecular weight is 319 g/mol. The van der Waals surface area contributed by atoms with Gasteiger partial charge in [-0.25, -0.2) is 13.4 Å². The van der Waals surface area contributed by atoms with Crippen LogP contribution in [-0.2, 0) is 26.0 Å². The molecule has 9 heteroatoms. The Hall–Kier alpha value is -1.19. The second kappa shape index (κ2) is 6.51. The molecule has 20 heavy (non-hydrogen) atoms. The largest absolute Gasteiger partial charge is 0.376 e. The molecular formula is C11H17N3O4S2. The maximum atomic E-state index is 11.7. The van der Waals surface area contributed by atoms with Gasteiger partial charge in [0.15, 0.2) is 5.13 Å². The number of nitrogens with zero attached hydrogens (tertiary/aromatic N) is 1.